The molecule has 1 unspecified atom stereocenters. The van der Waals surface area contributed by atoms with Crippen LogP contribution in [0.4, 0.5) is 10.1 Å². The van der Waals surface area contributed by atoms with E-state index in [4.69, 9.17) is 11.6 Å². The van der Waals surface area contributed by atoms with Gasteiger partial charge in [0.05, 0.1) is 5.02 Å². The fourth-order valence-corrected chi connectivity index (χ4v) is 2.81. The van der Waals surface area contributed by atoms with Gasteiger partial charge in [-0.15, -0.1) is 0 Å². The van der Waals surface area contributed by atoms with Crippen LogP contribution >= 0.6 is 11.6 Å². The van der Waals surface area contributed by atoms with Crippen molar-refractivity contribution >= 4 is 29.1 Å². The van der Waals surface area contributed by atoms with Crippen molar-refractivity contribution in [1.29, 1.82) is 0 Å². The lowest BCUT2D eigenvalue weighted by Gasteiger charge is -2.33. The molecular formula is C16H20ClFN2O2. The van der Waals surface area contributed by atoms with Gasteiger partial charge in [0.2, 0.25) is 11.8 Å². The molecule has 2 rings (SSSR count). The molecule has 1 heterocycles. The highest BCUT2D eigenvalue weighted by Crippen LogP contribution is 2.23. The second kappa shape index (κ2) is 7.09. The Labute approximate surface area is 134 Å². The quantitative estimate of drug-likeness (QED) is 0.852. The second-order valence-electron chi connectivity index (χ2n) is 5.65. The van der Waals surface area contributed by atoms with E-state index in [-0.39, 0.29) is 29.3 Å². The van der Waals surface area contributed by atoms with Crippen LogP contribution in [-0.4, -0.2) is 36.3 Å². The molecular weight excluding hydrogens is 307 g/mol. The molecule has 0 aliphatic carbocycles. The van der Waals surface area contributed by atoms with Crippen LogP contribution in [0.2, 0.25) is 5.02 Å². The van der Waals surface area contributed by atoms with E-state index in [1.54, 1.807) is 11.9 Å². The van der Waals surface area contributed by atoms with Gasteiger partial charge in [0, 0.05) is 38.2 Å². The van der Waals surface area contributed by atoms with Gasteiger partial charge in [-0.05, 0) is 38.0 Å². The van der Waals surface area contributed by atoms with Crippen molar-refractivity contribution in [3.8, 4) is 0 Å². The van der Waals surface area contributed by atoms with Crippen molar-refractivity contribution in [1.82, 2.24) is 4.90 Å². The molecule has 1 aromatic rings. The maximum absolute atomic E-state index is 13.2. The number of hydrogen-bond donors (Lipinski definition) is 0. The lowest BCUT2D eigenvalue weighted by atomic mass is 10.1. The Balaban J connectivity index is 2.01. The normalized spacial score (nSPS) is 16.5. The van der Waals surface area contributed by atoms with Crippen molar-refractivity contribution < 1.29 is 14.0 Å². The van der Waals surface area contributed by atoms with E-state index in [9.17, 15) is 14.0 Å². The van der Waals surface area contributed by atoms with Gasteiger partial charge in [-0.3, -0.25) is 9.59 Å². The molecule has 1 aliphatic heterocycles. The Morgan fingerprint density at radius 3 is 2.82 bits per heavy atom. The van der Waals surface area contributed by atoms with Crippen LogP contribution in [0, 0.1) is 5.82 Å². The summed E-state index contributed by atoms with van der Waals surface area (Å²) >= 11 is 5.74. The number of nitrogens with zero attached hydrogens (tertiary/aromatic N) is 2. The fourth-order valence-electron chi connectivity index (χ4n) is 2.63. The summed E-state index contributed by atoms with van der Waals surface area (Å²) in [6.45, 7) is 2.59. The first-order chi connectivity index (χ1) is 10.4. The molecule has 22 heavy (non-hydrogen) atoms. The van der Waals surface area contributed by atoms with Gasteiger partial charge in [0.25, 0.3) is 0 Å². The molecule has 1 aromatic carbocycles. The summed E-state index contributed by atoms with van der Waals surface area (Å²) in [6, 6.07) is 4.03. The molecule has 6 heteroatoms. The third kappa shape index (κ3) is 3.77. The van der Waals surface area contributed by atoms with Crippen LogP contribution in [0.1, 0.15) is 32.6 Å². The van der Waals surface area contributed by atoms with Crippen LogP contribution in [0.3, 0.4) is 0 Å². The van der Waals surface area contributed by atoms with Gasteiger partial charge in [-0.25, -0.2) is 4.39 Å². The molecule has 1 saturated heterocycles. The average molecular weight is 327 g/mol. The van der Waals surface area contributed by atoms with Crippen LogP contribution in [0.25, 0.3) is 0 Å². The lowest BCUT2D eigenvalue weighted by Crippen LogP contribution is -2.44. The van der Waals surface area contributed by atoms with Crippen molar-refractivity contribution in [2.45, 2.75) is 38.6 Å². The number of likely N-dealkylation sites (tertiary alicyclic amines) is 1. The Hall–Kier alpha value is -1.62. The molecule has 0 N–H and O–H groups in total. The first-order valence-electron chi connectivity index (χ1n) is 7.41. The topological polar surface area (TPSA) is 40.6 Å². The van der Waals surface area contributed by atoms with Gasteiger partial charge in [-0.2, -0.15) is 0 Å². The Bertz CT molecular complexity index is 579. The summed E-state index contributed by atoms with van der Waals surface area (Å²) in [7, 11) is 1.62. The molecule has 1 atom stereocenters. The van der Waals surface area contributed by atoms with Crippen LogP contribution < -0.4 is 4.90 Å². The summed E-state index contributed by atoms with van der Waals surface area (Å²) < 4.78 is 13.2. The van der Waals surface area contributed by atoms with Gasteiger partial charge in [-0.1, -0.05) is 11.6 Å². The minimum Gasteiger partial charge on any atom is -0.339 e. The van der Waals surface area contributed by atoms with Crippen LogP contribution in [0.15, 0.2) is 18.2 Å². The van der Waals surface area contributed by atoms with E-state index in [2.05, 4.69) is 0 Å². The minimum atomic E-state index is -0.515. The summed E-state index contributed by atoms with van der Waals surface area (Å²) in [5, 5.41) is -0.0172. The number of benzene rings is 1. The zero-order chi connectivity index (χ0) is 16.3. The third-order valence-corrected chi connectivity index (χ3v) is 4.32. The van der Waals surface area contributed by atoms with E-state index in [0.717, 1.165) is 12.8 Å². The largest absolute Gasteiger partial charge is 0.339 e. The predicted molar refractivity (Wildman–Crippen MR) is 84.5 cm³/mol. The maximum atomic E-state index is 13.2. The molecule has 0 radical (unpaired) electrons. The molecule has 0 spiro atoms. The number of anilines is 1. The molecule has 2 amide bonds. The first kappa shape index (κ1) is 16.7. The predicted octanol–water partition coefficient (Wildman–Crippen LogP) is 3.23. The van der Waals surface area contributed by atoms with Crippen molar-refractivity contribution in [3.63, 3.8) is 0 Å². The summed E-state index contributed by atoms with van der Waals surface area (Å²) in [4.78, 5) is 27.4. The summed E-state index contributed by atoms with van der Waals surface area (Å²) in [5.41, 5.74) is 0.536. The molecule has 4 nitrogen and oxygen atoms in total. The van der Waals surface area contributed by atoms with E-state index < -0.39 is 5.82 Å². The van der Waals surface area contributed by atoms with E-state index >= 15 is 0 Å². The molecule has 0 aromatic heterocycles. The zero-order valence-corrected chi connectivity index (χ0v) is 13.6. The van der Waals surface area contributed by atoms with Crippen molar-refractivity contribution in [3.05, 3.63) is 29.0 Å². The van der Waals surface area contributed by atoms with Crippen molar-refractivity contribution in [2.24, 2.45) is 0 Å². The molecule has 0 bridgehead atoms. The number of halogens is 2. The van der Waals surface area contributed by atoms with E-state index in [0.29, 0.717) is 18.7 Å². The second-order valence-corrected chi connectivity index (χ2v) is 6.06. The Morgan fingerprint density at radius 1 is 1.45 bits per heavy atom. The van der Waals surface area contributed by atoms with Crippen molar-refractivity contribution in [2.75, 3.05) is 18.5 Å². The molecule has 0 saturated carbocycles. The highest BCUT2D eigenvalue weighted by Gasteiger charge is 2.26. The minimum absolute atomic E-state index is 0.0172. The average Bonchev–Trinajstić information content (AvgIpc) is 2.49. The first-order valence-corrected chi connectivity index (χ1v) is 7.79. The maximum Gasteiger partial charge on any atom is 0.228 e. The fraction of sp³-hybridized carbons (Fsp3) is 0.500. The Kier molecular flexibility index (Phi) is 5.40. The number of rotatable bonds is 4. The molecule has 1 aliphatic rings. The van der Waals surface area contributed by atoms with Gasteiger partial charge in [0.1, 0.15) is 5.82 Å². The van der Waals surface area contributed by atoms with E-state index in [1.165, 1.54) is 23.1 Å². The third-order valence-electron chi connectivity index (χ3n) is 4.03. The highest BCUT2D eigenvalue weighted by molar-refractivity contribution is 6.31. The zero-order valence-electron chi connectivity index (χ0n) is 12.8. The number of carbonyl (C=O) groups excluding carboxylic acids is 2. The van der Waals surface area contributed by atoms with Gasteiger partial charge in [0.15, 0.2) is 0 Å². The van der Waals surface area contributed by atoms with Crippen LogP contribution in [-0.2, 0) is 9.59 Å². The monoisotopic (exact) mass is 326 g/mol. The van der Waals surface area contributed by atoms with Gasteiger partial charge >= 0.3 is 0 Å². The molecule has 1 fully saturated rings. The Morgan fingerprint density at radius 2 is 2.18 bits per heavy atom. The lowest BCUT2D eigenvalue weighted by molar-refractivity contribution is -0.136. The van der Waals surface area contributed by atoms with Crippen LogP contribution in [0.5, 0.6) is 0 Å². The number of hydrogen-bond acceptors (Lipinski definition) is 2. The summed E-state index contributed by atoms with van der Waals surface area (Å²) in [6.07, 6.45) is 2.69. The highest BCUT2D eigenvalue weighted by atomic mass is 35.5. The number of piperidine rings is 1. The van der Waals surface area contributed by atoms with Gasteiger partial charge < -0.3 is 9.80 Å². The van der Waals surface area contributed by atoms with E-state index in [1.807, 2.05) is 6.92 Å². The number of carbonyl (C=O) groups is 2. The molecule has 120 valence electrons. The summed E-state index contributed by atoms with van der Waals surface area (Å²) in [5.74, 6) is -0.536. The SMILES string of the molecule is CC(CC(=O)N(C)c1ccc(F)c(Cl)c1)N1CCCCC1=O. The standard InChI is InChI=1S/C16H20ClFN2O2/c1-11(20-8-4-3-5-15(20)21)9-16(22)19(2)12-6-7-14(18)13(17)10-12/h6-7,10-11H,3-5,8-9H2,1-2H3. The number of amides is 2. The smallest absolute Gasteiger partial charge is 0.228 e.